The average Bonchev–Trinajstić information content (AvgIpc) is 2.32. The van der Waals surface area contributed by atoms with Crippen LogP contribution in [0.1, 0.15) is 31.2 Å². The van der Waals surface area contributed by atoms with Crippen molar-refractivity contribution in [3.8, 4) is 5.75 Å². The van der Waals surface area contributed by atoms with Gasteiger partial charge in [-0.15, -0.1) is 0 Å². The largest absolute Gasteiger partial charge is 0.495 e. The Balaban J connectivity index is 1.98. The van der Waals surface area contributed by atoms with Crippen LogP contribution in [0.5, 0.6) is 5.75 Å². The summed E-state index contributed by atoms with van der Waals surface area (Å²) < 4.78 is 5.10. The van der Waals surface area contributed by atoms with E-state index in [1.54, 1.807) is 7.11 Å². The van der Waals surface area contributed by atoms with E-state index in [-0.39, 0.29) is 12.0 Å². The Morgan fingerprint density at radius 2 is 2.26 bits per heavy atom. The van der Waals surface area contributed by atoms with Crippen LogP contribution in [0.15, 0.2) is 18.2 Å². The zero-order chi connectivity index (χ0) is 13.9. The maximum atomic E-state index is 10.9. The molecule has 1 aliphatic rings. The van der Waals surface area contributed by atoms with E-state index in [0.29, 0.717) is 17.3 Å². The summed E-state index contributed by atoms with van der Waals surface area (Å²) in [5.74, 6) is -0.103. The SMILES string of the molecule is COc1ccc(CNC2(CC(=O)O)CCC2)cc1Cl. The first kappa shape index (κ1) is 14.2. The summed E-state index contributed by atoms with van der Waals surface area (Å²) in [6, 6.07) is 5.61. The minimum atomic E-state index is -0.750. The number of hydrogen-bond acceptors (Lipinski definition) is 3. The van der Waals surface area contributed by atoms with Gasteiger partial charge in [0.15, 0.2) is 0 Å². The van der Waals surface area contributed by atoms with Gasteiger partial charge in [0.05, 0.1) is 18.6 Å². The van der Waals surface area contributed by atoms with E-state index in [9.17, 15) is 4.79 Å². The lowest BCUT2D eigenvalue weighted by molar-refractivity contribution is -0.139. The van der Waals surface area contributed by atoms with E-state index in [4.69, 9.17) is 21.4 Å². The molecule has 0 saturated heterocycles. The molecule has 0 atom stereocenters. The number of aliphatic carboxylic acids is 1. The molecule has 0 radical (unpaired) electrons. The van der Waals surface area contributed by atoms with Crippen LogP contribution in [0.3, 0.4) is 0 Å². The highest BCUT2D eigenvalue weighted by atomic mass is 35.5. The Labute approximate surface area is 117 Å². The van der Waals surface area contributed by atoms with Crippen LogP contribution in [0.2, 0.25) is 5.02 Å². The van der Waals surface area contributed by atoms with Crippen molar-refractivity contribution in [2.24, 2.45) is 0 Å². The molecule has 2 rings (SSSR count). The topological polar surface area (TPSA) is 58.6 Å². The molecular weight excluding hydrogens is 266 g/mol. The third-order valence-corrected chi connectivity index (χ3v) is 3.98. The van der Waals surface area contributed by atoms with E-state index < -0.39 is 5.97 Å². The lowest BCUT2D eigenvalue weighted by atomic mass is 9.74. The Morgan fingerprint density at radius 1 is 1.53 bits per heavy atom. The van der Waals surface area contributed by atoms with Gasteiger partial charge in [0.2, 0.25) is 0 Å². The monoisotopic (exact) mass is 283 g/mol. The molecule has 0 spiro atoms. The highest BCUT2D eigenvalue weighted by molar-refractivity contribution is 6.32. The summed E-state index contributed by atoms with van der Waals surface area (Å²) in [4.78, 5) is 10.9. The van der Waals surface area contributed by atoms with Crippen molar-refractivity contribution in [2.75, 3.05) is 7.11 Å². The van der Waals surface area contributed by atoms with Gasteiger partial charge in [0.1, 0.15) is 5.75 Å². The van der Waals surface area contributed by atoms with Crippen LogP contribution in [0.25, 0.3) is 0 Å². The minimum Gasteiger partial charge on any atom is -0.495 e. The van der Waals surface area contributed by atoms with Gasteiger partial charge in [0.25, 0.3) is 0 Å². The predicted molar refractivity (Wildman–Crippen MR) is 73.7 cm³/mol. The van der Waals surface area contributed by atoms with Crippen LogP contribution in [0, 0.1) is 0 Å². The lowest BCUT2D eigenvalue weighted by Crippen LogP contribution is -2.51. The standard InChI is InChI=1S/C14H18ClNO3/c1-19-12-4-3-10(7-11(12)15)9-16-14(5-2-6-14)8-13(17)18/h3-4,7,16H,2,5-6,8-9H2,1H3,(H,17,18). The molecule has 0 aliphatic heterocycles. The number of nitrogens with one attached hydrogen (secondary N) is 1. The van der Waals surface area contributed by atoms with Crippen molar-refractivity contribution in [3.05, 3.63) is 28.8 Å². The number of methoxy groups -OCH3 is 1. The summed E-state index contributed by atoms with van der Waals surface area (Å²) in [6.45, 7) is 0.622. The van der Waals surface area contributed by atoms with Gasteiger partial charge in [-0.3, -0.25) is 4.79 Å². The van der Waals surface area contributed by atoms with Crippen LogP contribution in [-0.4, -0.2) is 23.7 Å². The van der Waals surface area contributed by atoms with Crippen molar-refractivity contribution in [1.82, 2.24) is 5.32 Å². The third kappa shape index (κ3) is 3.39. The molecule has 1 aromatic carbocycles. The molecule has 5 heteroatoms. The molecule has 104 valence electrons. The van der Waals surface area contributed by atoms with Gasteiger partial charge in [-0.25, -0.2) is 0 Å². The fraction of sp³-hybridized carbons (Fsp3) is 0.500. The second-order valence-corrected chi connectivity index (χ2v) is 5.43. The molecule has 0 amide bonds. The Hall–Kier alpha value is -1.26. The Morgan fingerprint density at radius 3 is 2.74 bits per heavy atom. The first-order chi connectivity index (χ1) is 9.04. The Kier molecular flexibility index (Phi) is 4.32. The number of benzene rings is 1. The van der Waals surface area contributed by atoms with Crippen LogP contribution in [-0.2, 0) is 11.3 Å². The van der Waals surface area contributed by atoms with Gasteiger partial charge in [0, 0.05) is 12.1 Å². The van der Waals surface area contributed by atoms with Crippen LogP contribution >= 0.6 is 11.6 Å². The van der Waals surface area contributed by atoms with Crippen LogP contribution < -0.4 is 10.1 Å². The molecule has 0 aromatic heterocycles. The fourth-order valence-electron chi connectivity index (χ4n) is 2.42. The predicted octanol–water partition coefficient (Wildman–Crippen LogP) is 2.84. The van der Waals surface area contributed by atoms with Gasteiger partial charge in [-0.05, 0) is 37.0 Å². The van der Waals surface area contributed by atoms with Crippen molar-refractivity contribution in [1.29, 1.82) is 0 Å². The highest BCUT2D eigenvalue weighted by Crippen LogP contribution is 2.35. The van der Waals surface area contributed by atoms with Crippen molar-refractivity contribution < 1.29 is 14.6 Å². The van der Waals surface area contributed by atoms with E-state index in [1.807, 2.05) is 18.2 Å². The summed E-state index contributed by atoms with van der Waals surface area (Å²) >= 11 is 6.06. The number of carboxylic acid groups (broad SMARTS) is 1. The lowest BCUT2D eigenvalue weighted by Gasteiger charge is -2.41. The summed E-state index contributed by atoms with van der Waals surface area (Å²) in [7, 11) is 1.58. The maximum Gasteiger partial charge on any atom is 0.305 e. The van der Waals surface area contributed by atoms with Crippen molar-refractivity contribution in [2.45, 2.75) is 37.8 Å². The van der Waals surface area contributed by atoms with Gasteiger partial charge < -0.3 is 15.2 Å². The molecular formula is C14H18ClNO3. The number of ether oxygens (including phenoxy) is 1. The molecule has 19 heavy (non-hydrogen) atoms. The quantitative estimate of drug-likeness (QED) is 0.843. The molecule has 1 fully saturated rings. The van der Waals surface area contributed by atoms with E-state index in [0.717, 1.165) is 24.8 Å². The zero-order valence-corrected chi connectivity index (χ0v) is 11.7. The molecule has 2 N–H and O–H groups in total. The normalized spacial score (nSPS) is 16.7. The molecule has 1 aliphatic carbocycles. The zero-order valence-electron chi connectivity index (χ0n) is 10.9. The number of rotatable bonds is 6. The number of halogens is 1. The third-order valence-electron chi connectivity index (χ3n) is 3.68. The van der Waals surface area contributed by atoms with E-state index in [1.165, 1.54) is 0 Å². The van der Waals surface area contributed by atoms with Gasteiger partial charge in [-0.1, -0.05) is 17.7 Å². The second kappa shape index (κ2) is 5.80. The second-order valence-electron chi connectivity index (χ2n) is 5.03. The van der Waals surface area contributed by atoms with E-state index in [2.05, 4.69) is 5.32 Å². The molecule has 1 aromatic rings. The van der Waals surface area contributed by atoms with Crippen molar-refractivity contribution >= 4 is 17.6 Å². The fourth-order valence-corrected chi connectivity index (χ4v) is 2.70. The number of hydrogen-bond donors (Lipinski definition) is 2. The maximum absolute atomic E-state index is 10.9. The van der Waals surface area contributed by atoms with Crippen molar-refractivity contribution in [3.63, 3.8) is 0 Å². The first-order valence-electron chi connectivity index (χ1n) is 6.34. The molecule has 4 nitrogen and oxygen atoms in total. The van der Waals surface area contributed by atoms with Crippen LogP contribution in [0.4, 0.5) is 0 Å². The molecule has 0 bridgehead atoms. The summed E-state index contributed by atoms with van der Waals surface area (Å²) in [6.07, 6.45) is 3.10. The van der Waals surface area contributed by atoms with Gasteiger partial charge >= 0.3 is 5.97 Å². The number of carboxylic acids is 1. The summed E-state index contributed by atoms with van der Waals surface area (Å²) in [5, 5.41) is 12.9. The first-order valence-corrected chi connectivity index (χ1v) is 6.72. The Bertz CT molecular complexity index is 472. The smallest absolute Gasteiger partial charge is 0.305 e. The molecule has 1 saturated carbocycles. The number of carbonyl (C=O) groups is 1. The summed E-state index contributed by atoms with van der Waals surface area (Å²) in [5.41, 5.74) is 0.792. The average molecular weight is 284 g/mol. The molecule has 0 heterocycles. The van der Waals surface area contributed by atoms with E-state index >= 15 is 0 Å². The highest BCUT2D eigenvalue weighted by Gasteiger charge is 2.38. The minimum absolute atomic E-state index is 0.177. The van der Waals surface area contributed by atoms with Gasteiger partial charge in [-0.2, -0.15) is 0 Å². The molecule has 0 unspecified atom stereocenters.